The van der Waals surface area contributed by atoms with E-state index in [1.54, 1.807) is 6.41 Å². The molecular formula is C8H16N3O. The Balaban J connectivity index is 2.15. The number of hydrogen-bond acceptors (Lipinski definition) is 3. The van der Waals surface area contributed by atoms with Gasteiger partial charge in [-0.15, -0.1) is 0 Å². The summed E-state index contributed by atoms with van der Waals surface area (Å²) < 4.78 is 0. The van der Waals surface area contributed by atoms with Crippen LogP contribution < -0.4 is 5.43 Å². The molecule has 1 heterocycles. The third kappa shape index (κ3) is 2.79. The van der Waals surface area contributed by atoms with Crippen molar-refractivity contribution in [1.82, 2.24) is 15.3 Å². The molecule has 0 atom stereocenters. The van der Waals surface area contributed by atoms with Gasteiger partial charge in [-0.2, -0.15) is 0 Å². The minimum atomic E-state index is 0.912. The van der Waals surface area contributed by atoms with Gasteiger partial charge < -0.3 is 4.90 Å². The van der Waals surface area contributed by atoms with Crippen LogP contribution in [-0.2, 0) is 4.79 Å². The van der Waals surface area contributed by atoms with E-state index in [0.29, 0.717) is 0 Å². The number of amides is 1. The first-order chi connectivity index (χ1) is 5.86. The van der Waals surface area contributed by atoms with Crippen LogP contribution in [0.4, 0.5) is 0 Å². The summed E-state index contributed by atoms with van der Waals surface area (Å²) >= 11 is 0. The maximum atomic E-state index is 9.99. The van der Waals surface area contributed by atoms with Crippen LogP contribution in [0.25, 0.3) is 0 Å². The van der Waals surface area contributed by atoms with Crippen LogP contribution in [0.3, 0.4) is 0 Å². The summed E-state index contributed by atoms with van der Waals surface area (Å²) in [5.41, 5.74) is 2.55. The van der Waals surface area contributed by atoms with Crippen LogP contribution in [0.5, 0.6) is 0 Å². The molecular weight excluding hydrogens is 154 g/mol. The summed E-state index contributed by atoms with van der Waals surface area (Å²) in [6, 6.07) is 0. The Labute approximate surface area is 73.5 Å². The summed E-state index contributed by atoms with van der Waals surface area (Å²) in [5, 5.41) is 1.90. The Bertz CT molecular complexity index is 132. The van der Waals surface area contributed by atoms with Crippen LogP contribution in [0.1, 0.15) is 13.3 Å². The van der Waals surface area contributed by atoms with Gasteiger partial charge in [0.25, 0.3) is 0 Å². The van der Waals surface area contributed by atoms with Crippen LogP contribution in [0.15, 0.2) is 0 Å². The molecule has 0 aromatic heterocycles. The lowest BCUT2D eigenvalue weighted by Crippen LogP contribution is -2.51. The quantitative estimate of drug-likeness (QED) is 0.582. The third-order valence-electron chi connectivity index (χ3n) is 2.12. The van der Waals surface area contributed by atoms with Gasteiger partial charge in [0.2, 0.25) is 0 Å². The van der Waals surface area contributed by atoms with Crippen LogP contribution in [0, 0.1) is 0 Å². The number of hydrogen-bond donors (Lipinski definition) is 1. The fourth-order valence-corrected chi connectivity index (χ4v) is 1.46. The molecule has 1 saturated heterocycles. The van der Waals surface area contributed by atoms with E-state index in [0.717, 1.165) is 26.2 Å². The van der Waals surface area contributed by atoms with Gasteiger partial charge in [0.05, 0.1) is 0 Å². The highest BCUT2D eigenvalue weighted by Gasteiger charge is 2.14. The molecule has 1 fully saturated rings. The molecule has 1 aliphatic rings. The summed E-state index contributed by atoms with van der Waals surface area (Å²) in [4.78, 5) is 12.4. The molecule has 4 heteroatoms. The Morgan fingerprint density at radius 1 is 1.33 bits per heavy atom. The van der Waals surface area contributed by atoms with E-state index in [2.05, 4.69) is 17.2 Å². The van der Waals surface area contributed by atoms with E-state index in [1.165, 1.54) is 13.0 Å². The molecule has 1 aliphatic heterocycles. The molecule has 1 N–H and O–H groups in total. The smallest absolute Gasteiger partial charge is 0.301 e. The Morgan fingerprint density at radius 3 is 2.50 bits per heavy atom. The van der Waals surface area contributed by atoms with Gasteiger partial charge in [-0.3, -0.25) is 10.2 Å². The summed E-state index contributed by atoms with van der Waals surface area (Å²) in [6.45, 7) is 7.26. The van der Waals surface area contributed by atoms with Crippen LogP contribution >= 0.6 is 0 Å². The van der Waals surface area contributed by atoms with Crippen molar-refractivity contribution in [2.24, 2.45) is 0 Å². The standard InChI is InChI=1S/C8H16N3O/c1-2-3-10-4-6-11(7-5-10)9-8-12/h2-7H2,1H3,(H,9,12). The fourth-order valence-electron chi connectivity index (χ4n) is 1.46. The van der Waals surface area contributed by atoms with E-state index >= 15 is 0 Å². The highest BCUT2D eigenvalue weighted by atomic mass is 16.1. The first-order valence-corrected chi connectivity index (χ1v) is 4.47. The van der Waals surface area contributed by atoms with Crippen molar-refractivity contribution in [3.05, 3.63) is 0 Å². The van der Waals surface area contributed by atoms with Crippen LogP contribution in [-0.4, -0.2) is 49.0 Å². The Hall–Kier alpha value is -0.610. The van der Waals surface area contributed by atoms with Crippen molar-refractivity contribution in [3.63, 3.8) is 0 Å². The second-order valence-electron chi connectivity index (χ2n) is 3.04. The molecule has 0 aliphatic carbocycles. The SMILES string of the molecule is CCCN1CCN(N[C]=O)CC1. The minimum absolute atomic E-state index is 0.912. The number of nitrogens with one attached hydrogen (secondary N) is 1. The normalized spacial score (nSPS) is 20.8. The predicted molar refractivity (Wildman–Crippen MR) is 47.1 cm³/mol. The van der Waals surface area contributed by atoms with Crippen molar-refractivity contribution in [2.45, 2.75) is 13.3 Å². The van der Waals surface area contributed by atoms with Gasteiger partial charge >= 0.3 is 6.41 Å². The van der Waals surface area contributed by atoms with E-state index in [4.69, 9.17) is 0 Å². The number of carbonyl (C=O) groups excluding carboxylic acids is 1. The molecule has 1 rings (SSSR count). The summed E-state index contributed by atoms with van der Waals surface area (Å²) in [7, 11) is 0. The Kier molecular flexibility index (Phi) is 4.04. The molecule has 0 spiro atoms. The van der Waals surface area contributed by atoms with Gasteiger partial charge in [-0.25, -0.2) is 5.01 Å². The number of rotatable bonds is 4. The zero-order valence-electron chi connectivity index (χ0n) is 7.55. The highest BCUT2D eigenvalue weighted by Crippen LogP contribution is 1.98. The zero-order chi connectivity index (χ0) is 8.81. The first-order valence-electron chi connectivity index (χ1n) is 4.47. The molecule has 0 unspecified atom stereocenters. The van der Waals surface area contributed by atoms with Gasteiger partial charge in [-0.1, -0.05) is 6.92 Å². The van der Waals surface area contributed by atoms with Gasteiger partial charge in [0, 0.05) is 26.2 Å². The molecule has 1 radical (unpaired) electrons. The average Bonchev–Trinajstić information content (AvgIpc) is 2.09. The van der Waals surface area contributed by atoms with E-state index in [1.807, 2.05) is 5.01 Å². The monoisotopic (exact) mass is 170 g/mol. The van der Waals surface area contributed by atoms with Crippen molar-refractivity contribution in [3.8, 4) is 0 Å². The molecule has 0 saturated carbocycles. The highest BCUT2D eigenvalue weighted by molar-refractivity contribution is 5.46. The van der Waals surface area contributed by atoms with Crippen molar-refractivity contribution in [1.29, 1.82) is 0 Å². The second-order valence-corrected chi connectivity index (χ2v) is 3.04. The average molecular weight is 170 g/mol. The lowest BCUT2D eigenvalue weighted by Gasteiger charge is -2.33. The molecule has 69 valence electrons. The van der Waals surface area contributed by atoms with E-state index < -0.39 is 0 Å². The Morgan fingerprint density at radius 2 is 2.00 bits per heavy atom. The number of nitrogens with zero attached hydrogens (tertiary/aromatic N) is 2. The largest absolute Gasteiger partial charge is 0.324 e. The molecule has 1 amide bonds. The fraction of sp³-hybridized carbons (Fsp3) is 0.875. The maximum Gasteiger partial charge on any atom is 0.324 e. The van der Waals surface area contributed by atoms with E-state index in [-0.39, 0.29) is 0 Å². The maximum absolute atomic E-state index is 9.99. The molecule has 0 bridgehead atoms. The van der Waals surface area contributed by atoms with Gasteiger partial charge in [0.15, 0.2) is 0 Å². The second kappa shape index (κ2) is 5.11. The topological polar surface area (TPSA) is 35.6 Å². The van der Waals surface area contributed by atoms with Crippen LogP contribution in [0.2, 0.25) is 0 Å². The summed E-state index contributed by atoms with van der Waals surface area (Å²) in [6.07, 6.45) is 2.89. The van der Waals surface area contributed by atoms with Crippen molar-refractivity contribution in [2.75, 3.05) is 32.7 Å². The number of hydrazine groups is 1. The lowest BCUT2D eigenvalue weighted by molar-refractivity contribution is 0.111. The van der Waals surface area contributed by atoms with Gasteiger partial charge in [0.1, 0.15) is 0 Å². The molecule has 12 heavy (non-hydrogen) atoms. The first kappa shape index (κ1) is 9.48. The third-order valence-corrected chi connectivity index (χ3v) is 2.12. The zero-order valence-corrected chi connectivity index (χ0v) is 7.55. The van der Waals surface area contributed by atoms with Crippen molar-refractivity contribution >= 4 is 6.41 Å². The van der Waals surface area contributed by atoms with Gasteiger partial charge in [-0.05, 0) is 13.0 Å². The predicted octanol–water partition coefficient (Wildman–Crippen LogP) is -0.414. The van der Waals surface area contributed by atoms with E-state index in [9.17, 15) is 4.79 Å². The molecule has 0 aromatic carbocycles. The molecule has 0 aromatic rings. The molecule has 4 nitrogen and oxygen atoms in total. The number of piperazine rings is 1. The van der Waals surface area contributed by atoms with Crippen molar-refractivity contribution < 1.29 is 4.79 Å². The lowest BCUT2D eigenvalue weighted by atomic mass is 10.3. The minimum Gasteiger partial charge on any atom is -0.301 e. The summed E-state index contributed by atoms with van der Waals surface area (Å²) in [5.74, 6) is 0.